The number of H-pyrrole nitrogens is 1. The zero-order valence-electron chi connectivity index (χ0n) is 8.36. The van der Waals surface area contributed by atoms with Crippen molar-refractivity contribution in [3.05, 3.63) is 34.3 Å². The maximum Gasteiger partial charge on any atom is 0.0728 e. The molecule has 0 radical (unpaired) electrons. The highest BCUT2D eigenvalue weighted by Gasteiger charge is 2.20. The third kappa shape index (κ3) is 1.65. The molecule has 78 valence electrons. The standard InChI is InChI=1S/C11H13N3S/c1-2-10(14-8-6-12-13-7-8)9-4-5-15-11(9)3-1/h4-7,10,14H,1-3H2,(H,12,13). The number of anilines is 1. The molecule has 2 heterocycles. The van der Waals surface area contributed by atoms with Crippen LogP contribution in [0.3, 0.4) is 0 Å². The quantitative estimate of drug-likeness (QED) is 0.815. The second-order valence-electron chi connectivity index (χ2n) is 3.88. The summed E-state index contributed by atoms with van der Waals surface area (Å²) in [6, 6.07) is 2.72. The number of fused-ring (bicyclic) bond motifs is 1. The molecule has 1 aliphatic carbocycles. The highest BCUT2D eigenvalue weighted by Crippen LogP contribution is 2.35. The Labute approximate surface area is 92.5 Å². The minimum absolute atomic E-state index is 0.470. The van der Waals surface area contributed by atoms with E-state index in [0.717, 1.165) is 5.69 Å². The van der Waals surface area contributed by atoms with Crippen LogP contribution in [0.4, 0.5) is 5.69 Å². The van der Waals surface area contributed by atoms with Crippen LogP contribution in [0.25, 0.3) is 0 Å². The molecule has 3 nitrogen and oxygen atoms in total. The monoisotopic (exact) mass is 219 g/mol. The van der Waals surface area contributed by atoms with Crippen LogP contribution in [0.5, 0.6) is 0 Å². The summed E-state index contributed by atoms with van der Waals surface area (Å²) in [4.78, 5) is 1.54. The Kier molecular flexibility index (Phi) is 2.21. The summed E-state index contributed by atoms with van der Waals surface area (Å²) in [5.41, 5.74) is 2.56. The zero-order valence-corrected chi connectivity index (χ0v) is 9.18. The number of hydrogen-bond donors (Lipinski definition) is 2. The summed E-state index contributed by atoms with van der Waals surface area (Å²) in [6.45, 7) is 0. The molecule has 1 unspecified atom stereocenters. The molecular formula is C11H13N3S. The molecule has 0 fully saturated rings. The van der Waals surface area contributed by atoms with E-state index in [-0.39, 0.29) is 0 Å². The van der Waals surface area contributed by atoms with Crippen molar-refractivity contribution in [3.8, 4) is 0 Å². The molecule has 0 bridgehead atoms. The number of aromatic nitrogens is 2. The van der Waals surface area contributed by atoms with Crippen LogP contribution in [0, 0.1) is 0 Å². The summed E-state index contributed by atoms with van der Waals surface area (Å²) in [6.07, 6.45) is 7.48. The Morgan fingerprint density at radius 2 is 2.53 bits per heavy atom. The Balaban J connectivity index is 1.84. The molecule has 4 heteroatoms. The molecule has 0 aromatic carbocycles. The van der Waals surface area contributed by atoms with Gasteiger partial charge in [-0.3, -0.25) is 5.10 Å². The molecule has 0 saturated carbocycles. The van der Waals surface area contributed by atoms with Crippen LogP contribution < -0.4 is 5.32 Å². The second kappa shape index (κ2) is 3.70. The van der Waals surface area contributed by atoms with E-state index in [4.69, 9.17) is 0 Å². The molecule has 0 saturated heterocycles. The van der Waals surface area contributed by atoms with E-state index >= 15 is 0 Å². The summed E-state index contributed by atoms with van der Waals surface area (Å²) >= 11 is 1.88. The summed E-state index contributed by atoms with van der Waals surface area (Å²) in [5.74, 6) is 0. The van der Waals surface area contributed by atoms with Gasteiger partial charge in [0.25, 0.3) is 0 Å². The van der Waals surface area contributed by atoms with Crippen molar-refractivity contribution in [1.29, 1.82) is 0 Å². The van der Waals surface area contributed by atoms with Gasteiger partial charge in [-0.15, -0.1) is 11.3 Å². The molecule has 15 heavy (non-hydrogen) atoms. The number of nitrogens with one attached hydrogen (secondary N) is 2. The topological polar surface area (TPSA) is 40.7 Å². The maximum absolute atomic E-state index is 3.95. The number of thiophene rings is 1. The Bertz CT molecular complexity index is 432. The number of rotatable bonds is 2. The van der Waals surface area contributed by atoms with Gasteiger partial charge in [0, 0.05) is 11.1 Å². The van der Waals surface area contributed by atoms with Crippen LogP contribution in [0.15, 0.2) is 23.8 Å². The van der Waals surface area contributed by atoms with Gasteiger partial charge in [0.15, 0.2) is 0 Å². The fraction of sp³-hybridized carbons (Fsp3) is 0.364. The highest BCUT2D eigenvalue weighted by molar-refractivity contribution is 7.10. The van der Waals surface area contributed by atoms with E-state index in [1.165, 1.54) is 24.8 Å². The molecule has 3 rings (SSSR count). The minimum Gasteiger partial charge on any atom is -0.376 e. The molecule has 0 aliphatic heterocycles. The van der Waals surface area contributed by atoms with Crippen LogP contribution in [0.2, 0.25) is 0 Å². The van der Waals surface area contributed by atoms with E-state index in [0.29, 0.717) is 6.04 Å². The predicted octanol–water partition coefficient (Wildman–Crippen LogP) is 2.96. The number of nitrogens with zero attached hydrogens (tertiary/aromatic N) is 1. The number of aryl methyl sites for hydroxylation is 1. The summed E-state index contributed by atoms with van der Waals surface area (Å²) < 4.78 is 0. The van der Waals surface area contributed by atoms with E-state index < -0.39 is 0 Å². The van der Waals surface area contributed by atoms with Crippen molar-refractivity contribution in [2.24, 2.45) is 0 Å². The van der Waals surface area contributed by atoms with Crippen molar-refractivity contribution in [2.45, 2.75) is 25.3 Å². The minimum atomic E-state index is 0.470. The smallest absolute Gasteiger partial charge is 0.0728 e. The molecular weight excluding hydrogens is 206 g/mol. The average Bonchev–Trinajstić information content (AvgIpc) is 2.87. The Morgan fingerprint density at radius 3 is 3.40 bits per heavy atom. The van der Waals surface area contributed by atoms with Gasteiger partial charge in [0.1, 0.15) is 0 Å². The lowest BCUT2D eigenvalue weighted by molar-refractivity contribution is 0.609. The average molecular weight is 219 g/mol. The number of hydrogen-bond acceptors (Lipinski definition) is 3. The third-order valence-electron chi connectivity index (χ3n) is 2.89. The van der Waals surface area contributed by atoms with Gasteiger partial charge in [-0.1, -0.05) is 0 Å². The van der Waals surface area contributed by atoms with Gasteiger partial charge < -0.3 is 5.32 Å². The van der Waals surface area contributed by atoms with Crippen LogP contribution in [0.1, 0.15) is 29.3 Å². The molecule has 2 N–H and O–H groups in total. The summed E-state index contributed by atoms with van der Waals surface area (Å²) in [7, 11) is 0. The van der Waals surface area contributed by atoms with E-state index in [2.05, 4.69) is 27.0 Å². The normalized spacial score (nSPS) is 19.9. The van der Waals surface area contributed by atoms with E-state index in [1.807, 2.05) is 23.7 Å². The SMILES string of the molecule is c1cc2c(s1)CCCC2Nc1cn[nH]c1. The van der Waals surface area contributed by atoms with Crippen LogP contribution in [-0.2, 0) is 6.42 Å². The highest BCUT2D eigenvalue weighted by atomic mass is 32.1. The second-order valence-corrected chi connectivity index (χ2v) is 4.88. The van der Waals surface area contributed by atoms with E-state index in [1.54, 1.807) is 4.88 Å². The molecule has 1 aliphatic rings. The lowest BCUT2D eigenvalue weighted by Gasteiger charge is -2.23. The lowest BCUT2D eigenvalue weighted by Crippen LogP contribution is -2.15. The van der Waals surface area contributed by atoms with Gasteiger partial charge in [-0.25, -0.2) is 0 Å². The first-order chi connectivity index (χ1) is 7.43. The van der Waals surface area contributed by atoms with Crippen molar-refractivity contribution in [3.63, 3.8) is 0 Å². The van der Waals surface area contributed by atoms with Crippen LogP contribution >= 0.6 is 11.3 Å². The lowest BCUT2D eigenvalue weighted by atomic mass is 9.94. The van der Waals surface area contributed by atoms with Crippen molar-refractivity contribution >= 4 is 17.0 Å². The largest absolute Gasteiger partial charge is 0.376 e. The van der Waals surface area contributed by atoms with Gasteiger partial charge in [-0.05, 0) is 36.3 Å². The first-order valence-electron chi connectivity index (χ1n) is 5.25. The first-order valence-corrected chi connectivity index (χ1v) is 6.13. The van der Waals surface area contributed by atoms with Gasteiger partial charge >= 0.3 is 0 Å². The van der Waals surface area contributed by atoms with Crippen molar-refractivity contribution in [1.82, 2.24) is 10.2 Å². The van der Waals surface area contributed by atoms with Crippen LogP contribution in [-0.4, -0.2) is 10.2 Å². The maximum atomic E-state index is 3.95. The summed E-state index contributed by atoms with van der Waals surface area (Å²) in [5, 5.41) is 12.5. The Hall–Kier alpha value is -1.29. The fourth-order valence-corrected chi connectivity index (χ4v) is 3.15. The third-order valence-corrected chi connectivity index (χ3v) is 3.89. The van der Waals surface area contributed by atoms with E-state index in [9.17, 15) is 0 Å². The van der Waals surface area contributed by atoms with Crippen molar-refractivity contribution < 1.29 is 0 Å². The Morgan fingerprint density at radius 1 is 1.53 bits per heavy atom. The molecule has 0 amide bonds. The molecule has 1 atom stereocenters. The first kappa shape index (κ1) is 8.97. The molecule has 2 aromatic heterocycles. The molecule has 2 aromatic rings. The van der Waals surface area contributed by atoms with Gasteiger partial charge in [-0.2, -0.15) is 5.10 Å². The number of aromatic amines is 1. The fourth-order valence-electron chi connectivity index (χ4n) is 2.17. The van der Waals surface area contributed by atoms with Gasteiger partial charge in [0.05, 0.1) is 17.9 Å². The predicted molar refractivity (Wildman–Crippen MR) is 62.2 cm³/mol. The van der Waals surface area contributed by atoms with Crippen molar-refractivity contribution in [2.75, 3.05) is 5.32 Å². The molecule has 0 spiro atoms. The van der Waals surface area contributed by atoms with Gasteiger partial charge in [0.2, 0.25) is 0 Å². The zero-order chi connectivity index (χ0) is 10.1.